The third kappa shape index (κ3) is 4.14. The smallest absolute Gasteiger partial charge is 0.263 e. The summed E-state index contributed by atoms with van der Waals surface area (Å²) in [4.78, 5) is 16.4. The van der Waals surface area contributed by atoms with E-state index in [-0.39, 0.29) is 10.2 Å². The van der Waals surface area contributed by atoms with Crippen molar-refractivity contribution in [3.8, 4) is 11.5 Å². The summed E-state index contributed by atoms with van der Waals surface area (Å²) in [5, 5.41) is 4.45. The van der Waals surface area contributed by atoms with E-state index in [1.165, 1.54) is 11.3 Å². The lowest BCUT2D eigenvalue weighted by atomic mass is 10.1. The molecule has 0 bridgehead atoms. The first-order valence-electron chi connectivity index (χ1n) is 8.32. The molecule has 30 heavy (non-hydrogen) atoms. The van der Waals surface area contributed by atoms with Crippen molar-refractivity contribution in [2.24, 2.45) is 0 Å². The molecule has 12 heteroatoms. The Balaban J connectivity index is 1.78. The number of ether oxygens (including phenoxy) is 2. The van der Waals surface area contributed by atoms with Crippen LogP contribution in [0.3, 0.4) is 0 Å². The third-order valence-electron chi connectivity index (χ3n) is 3.77. The minimum atomic E-state index is -1.91. The monoisotopic (exact) mass is 459 g/mol. The van der Waals surface area contributed by atoms with Crippen LogP contribution in [-0.2, 0) is 0 Å². The van der Waals surface area contributed by atoms with Crippen molar-refractivity contribution < 1.29 is 31.8 Å². The van der Waals surface area contributed by atoms with Crippen LogP contribution in [-0.4, -0.2) is 29.7 Å². The number of methoxy groups -OCH3 is 1. The van der Waals surface area contributed by atoms with Gasteiger partial charge in [0.15, 0.2) is 27.6 Å². The molecule has 0 saturated carbocycles. The number of halogens is 4. The van der Waals surface area contributed by atoms with Gasteiger partial charge in [0.1, 0.15) is 11.3 Å². The van der Waals surface area contributed by atoms with Gasteiger partial charge in [0.2, 0.25) is 11.6 Å². The zero-order valence-corrected chi connectivity index (χ0v) is 17.1. The number of aromatic nitrogens is 1. The number of amides is 1. The molecule has 0 radical (unpaired) electrons. The Hall–Kier alpha value is -2.99. The maximum atomic E-state index is 14.0. The quantitative estimate of drug-likeness (QED) is 0.335. The number of thiazole rings is 1. The van der Waals surface area contributed by atoms with E-state index in [0.29, 0.717) is 17.9 Å². The average molecular weight is 459 g/mol. The van der Waals surface area contributed by atoms with E-state index in [9.17, 15) is 22.4 Å². The maximum Gasteiger partial charge on any atom is 0.263 e. The number of benzene rings is 2. The standard InChI is InChI=1S/C18H13F4N3O3S2/c1-3-28-7-4-5-8-9(6-7)30-18(23-8)25-17(29)24-16(26)10-11(19)13(21)15(27-2)14(22)12(10)20/h4-6H,3H2,1-2H3,(H2,23,24,25,26,29). The zero-order chi connectivity index (χ0) is 22.0. The molecule has 0 aliphatic heterocycles. The van der Waals surface area contributed by atoms with Crippen LogP contribution < -0.4 is 20.1 Å². The van der Waals surface area contributed by atoms with Crippen LogP contribution in [0.1, 0.15) is 17.3 Å². The highest BCUT2D eigenvalue weighted by Crippen LogP contribution is 2.31. The topological polar surface area (TPSA) is 72.5 Å². The maximum absolute atomic E-state index is 14.0. The lowest BCUT2D eigenvalue weighted by molar-refractivity contribution is 0.0966. The van der Waals surface area contributed by atoms with E-state index < -0.39 is 40.5 Å². The summed E-state index contributed by atoms with van der Waals surface area (Å²) in [6, 6.07) is 5.21. The van der Waals surface area contributed by atoms with Crippen molar-refractivity contribution in [3.05, 3.63) is 47.0 Å². The van der Waals surface area contributed by atoms with E-state index in [4.69, 9.17) is 17.0 Å². The largest absolute Gasteiger partial charge is 0.494 e. The van der Waals surface area contributed by atoms with Gasteiger partial charge in [0.05, 0.1) is 23.9 Å². The summed E-state index contributed by atoms with van der Waals surface area (Å²) in [5.74, 6) is -9.60. The number of rotatable bonds is 5. The first-order valence-corrected chi connectivity index (χ1v) is 9.54. The Kier molecular flexibility index (Phi) is 6.37. The second-order valence-electron chi connectivity index (χ2n) is 5.65. The van der Waals surface area contributed by atoms with Crippen LogP contribution in [0.25, 0.3) is 10.2 Å². The zero-order valence-electron chi connectivity index (χ0n) is 15.4. The highest BCUT2D eigenvalue weighted by molar-refractivity contribution is 7.80. The highest BCUT2D eigenvalue weighted by atomic mass is 32.1. The Morgan fingerprint density at radius 3 is 2.43 bits per heavy atom. The number of nitrogens with one attached hydrogen (secondary N) is 2. The number of anilines is 1. The minimum Gasteiger partial charge on any atom is -0.494 e. The fraction of sp³-hybridized carbons (Fsp3) is 0.167. The Morgan fingerprint density at radius 2 is 1.83 bits per heavy atom. The van der Waals surface area contributed by atoms with Crippen LogP contribution in [0.2, 0.25) is 0 Å². The highest BCUT2D eigenvalue weighted by Gasteiger charge is 2.30. The fourth-order valence-electron chi connectivity index (χ4n) is 2.50. The number of carbonyl (C=O) groups is 1. The van der Waals surface area contributed by atoms with Crippen molar-refractivity contribution in [2.75, 3.05) is 19.0 Å². The van der Waals surface area contributed by atoms with E-state index in [2.05, 4.69) is 15.0 Å². The molecule has 6 nitrogen and oxygen atoms in total. The van der Waals surface area contributed by atoms with E-state index >= 15 is 0 Å². The molecular weight excluding hydrogens is 446 g/mol. The van der Waals surface area contributed by atoms with Crippen molar-refractivity contribution in [2.45, 2.75) is 6.92 Å². The normalized spacial score (nSPS) is 10.7. The molecule has 3 aromatic rings. The predicted octanol–water partition coefficient (Wildman–Crippen LogP) is 4.39. The van der Waals surface area contributed by atoms with Crippen molar-refractivity contribution >= 4 is 49.9 Å². The fourth-order valence-corrected chi connectivity index (χ4v) is 3.65. The van der Waals surface area contributed by atoms with Gasteiger partial charge in [-0.3, -0.25) is 10.1 Å². The summed E-state index contributed by atoms with van der Waals surface area (Å²) in [7, 11) is 0.828. The molecule has 0 aliphatic carbocycles. The lowest BCUT2D eigenvalue weighted by Crippen LogP contribution is -2.35. The van der Waals surface area contributed by atoms with Gasteiger partial charge < -0.3 is 14.8 Å². The molecule has 0 atom stereocenters. The van der Waals surface area contributed by atoms with Crippen molar-refractivity contribution in [1.82, 2.24) is 10.3 Å². The van der Waals surface area contributed by atoms with Crippen molar-refractivity contribution in [1.29, 1.82) is 0 Å². The number of nitrogens with zero attached hydrogens (tertiary/aromatic N) is 1. The van der Waals surface area contributed by atoms with Crippen molar-refractivity contribution in [3.63, 3.8) is 0 Å². The Bertz CT molecular complexity index is 1120. The number of hydrogen-bond donors (Lipinski definition) is 2. The molecule has 1 heterocycles. The van der Waals surface area contributed by atoms with Crippen LogP contribution in [0.4, 0.5) is 22.7 Å². The predicted molar refractivity (Wildman–Crippen MR) is 107 cm³/mol. The number of fused-ring (bicyclic) bond motifs is 1. The molecule has 0 aliphatic rings. The van der Waals surface area contributed by atoms with Gasteiger partial charge in [-0.15, -0.1) is 0 Å². The molecular formula is C18H13F4N3O3S2. The average Bonchev–Trinajstić information content (AvgIpc) is 3.08. The van der Waals surface area contributed by atoms with E-state index in [0.717, 1.165) is 11.8 Å². The molecule has 1 amide bonds. The summed E-state index contributed by atoms with van der Waals surface area (Å²) in [5.41, 5.74) is -0.850. The molecule has 0 unspecified atom stereocenters. The van der Waals surface area contributed by atoms with Gasteiger partial charge in [-0.2, -0.15) is 8.78 Å². The minimum absolute atomic E-state index is 0.275. The van der Waals surface area contributed by atoms with E-state index in [1.54, 1.807) is 18.2 Å². The van der Waals surface area contributed by atoms with E-state index in [1.807, 2.05) is 12.2 Å². The van der Waals surface area contributed by atoms with Crippen LogP contribution in [0.5, 0.6) is 11.5 Å². The van der Waals surface area contributed by atoms with Crippen LogP contribution in [0.15, 0.2) is 18.2 Å². The second-order valence-corrected chi connectivity index (χ2v) is 7.09. The summed E-state index contributed by atoms with van der Waals surface area (Å²) < 4.78 is 66.1. The second kappa shape index (κ2) is 8.79. The molecule has 0 saturated heterocycles. The van der Waals surface area contributed by atoms with Gasteiger partial charge in [0, 0.05) is 0 Å². The molecule has 2 N–H and O–H groups in total. The number of thiocarbonyl (C=S) groups is 1. The first-order chi connectivity index (χ1) is 14.3. The molecule has 3 rings (SSSR count). The lowest BCUT2D eigenvalue weighted by Gasteiger charge is -2.11. The van der Waals surface area contributed by atoms with Gasteiger partial charge in [-0.05, 0) is 37.3 Å². The Labute approximate surface area is 176 Å². The van der Waals surface area contributed by atoms with Crippen LogP contribution in [0, 0.1) is 23.3 Å². The molecule has 0 spiro atoms. The van der Waals surface area contributed by atoms with Gasteiger partial charge in [-0.1, -0.05) is 11.3 Å². The van der Waals surface area contributed by atoms with Gasteiger partial charge >= 0.3 is 0 Å². The molecule has 0 fully saturated rings. The SMILES string of the molecule is CCOc1ccc2nc(NC(=S)NC(=O)c3c(F)c(F)c(OC)c(F)c3F)sc2c1. The third-order valence-corrected chi connectivity index (χ3v) is 4.91. The molecule has 158 valence electrons. The van der Waals surface area contributed by atoms with Crippen LogP contribution >= 0.6 is 23.6 Å². The Morgan fingerprint density at radius 1 is 1.17 bits per heavy atom. The summed E-state index contributed by atoms with van der Waals surface area (Å²) in [6.45, 7) is 2.34. The van der Waals surface area contributed by atoms with Gasteiger partial charge in [0.25, 0.3) is 5.91 Å². The summed E-state index contributed by atoms with van der Waals surface area (Å²) in [6.07, 6.45) is 0. The number of carbonyl (C=O) groups excluding carboxylic acids is 1. The first kappa shape index (κ1) is 21.7. The molecule has 1 aromatic heterocycles. The molecule has 2 aromatic carbocycles. The summed E-state index contributed by atoms with van der Waals surface area (Å²) >= 11 is 6.11. The number of hydrogen-bond acceptors (Lipinski definition) is 6. The van der Waals surface area contributed by atoms with Gasteiger partial charge in [-0.25, -0.2) is 13.8 Å².